The zero-order chi connectivity index (χ0) is 14.4. The van der Waals surface area contributed by atoms with Crippen molar-refractivity contribution >= 4 is 0 Å². The Balaban J connectivity index is 2.05. The third-order valence-electron chi connectivity index (χ3n) is 3.38. The van der Waals surface area contributed by atoms with Crippen LogP contribution in [0.25, 0.3) is 0 Å². The molecular formula is C16H21FN2O. The minimum absolute atomic E-state index is 0.228. The average molecular weight is 276 g/mol. The fourth-order valence-electron chi connectivity index (χ4n) is 2.38. The van der Waals surface area contributed by atoms with Crippen molar-refractivity contribution in [2.75, 3.05) is 0 Å². The zero-order valence-corrected chi connectivity index (χ0v) is 12.1. The van der Waals surface area contributed by atoms with Crippen LogP contribution in [0, 0.1) is 5.82 Å². The summed E-state index contributed by atoms with van der Waals surface area (Å²) in [4.78, 5) is 4.49. The molecule has 0 bridgehead atoms. The molecule has 0 spiro atoms. The normalized spacial score (nSPS) is 11.2. The molecule has 0 saturated carbocycles. The van der Waals surface area contributed by atoms with Crippen LogP contribution in [-0.4, -0.2) is 10.1 Å². The van der Waals surface area contributed by atoms with E-state index in [4.69, 9.17) is 4.52 Å². The van der Waals surface area contributed by atoms with Crippen molar-refractivity contribution in [2.24, 2.45) is 0 Å². The standard InChI is InChI=1S/C16H21FN2O/c1-3-5-13(6-4-2)16-18-15(19-20-16)11-12-7-9-14(17)10-8-12/h7-10,13H,3-6,11H2,1-2H3. The lowest BCUT2D eigenvalue weighted by molar-refractivity contribution is 0.334. The molecule has 0 amide bonds. The van der Waals surface area contributed by atoms with Crippen molar-refractivity contribution in [1.29, 1.82) is 0 Å². The molecule has 0 saturated heterocycles. The zero-order valence-electron chi connectivity index (χ0n) is 12.1. The Morgan fingerprint density at radius 2 is 1.75 bits per heavy atom. The third kappa shape index (κ3) is 3.89. The highest BCUT2D eigenvalue weighted by Crippen LogP contribution is 2.25. The van der Waals surface area contributed by atoms with E-state index in [0.29, 0.717) is 18.2 Å². The van der Waals surface area contributed by atoms with Crippen LogP contribution in [0.1, 0.15) is 62.7 Å². The molecule has 0 atom stereocenters. The van der Waals surface area contributed by atoms with E-state index in [2.05, 4.69) is 24.0 Å². The second kappa shape index (κ2) is 7.17. The van der Waals surface area contributed by atoms with Crippen molar-refractivity contribution in [1.82, 2.24) is 10.1 Å². The van der Waals surface area contributed by atoms with Crippen molar-refractivity contribution in [3.63, 3.8) is 0 Å². The Bertz CT molecular complexity index is 516. The Kier molecular flexibility index (Phi) is 5.27. The lowest BCUT2D eigenvalue weighted by Gasteiger charge is -2.08. The highest BCUT2D eigenvalue weighted by molar-refractivity contribution is 5.19. The molecule has 1 aromatic carbocycles. The van der Waals surface area contributed by atoms with Gasteiger partial charge in [0.05, 0.1) is 0 Å². The molecule has 0 N–H and O–H groups in total. The molecule has 20 heavy (non-hydrogen) atoms. The topological polar surface area (TPSA) is 38.9 Å². The van der Waals surface area contributed by atoms with Crippen LogP contribution in [0.4, 0.5) is 4.39 Å². The molecule has 1 heterocycles. The van der Waals surface area contributed by atoms with Crippen molar-refractivity contribution in [3.05, 3.63) is 47.4 Å². The highest BCUT2D eigenvalue weighted by atomic mass is 19.1. The molecule has 4 heteroatoms. The van der Waals surface area contributed by atoms with E-state index in [1.165, 1.54) is 12.1 Å². The van der Waals surface area contributed by atoms with Gasteiger partial charge in [-0.05, 0) is 30.5 Å². The smallest absolute Gasteiger partial charge is 0.229 e. The first-order valence-electron chi connectivity index (χ1n) is 7.29. The summed E-state index contributed by atoms with van der Waals surface area (Å²) in [7, 11) is 0. The molecule has 0 aliphatic heterocycles. The van der Waals surface area contributed by atoms with Gasteiger partial charge in [-0.3, -0.25) is 0 Å². The van der Waals surface area contributed by atoms with E-state index in [0.717, 1.165) is 37.1 Å². The van der Waals surface area contributed by atoms with Gasteiger partial charge in [-0.25, -0.2) is 4.39 Å². The van der Waals surface area contributed by atoms with Crippen molar-refractivity contribution in [3.8, 4) is 0 Å². The number of nitrogens with zero attached hydrogens (tertiary/aromatic N) is 2. The van der Waals surface area contributed by atoms with E-state index in [-0.39, 0.29) is 5.82 Å². The summed E-state index contributed by atoms with van der Waals surface area (Å²) < 4.78 is 18.2. The molecule has 0 aliphatic rings. The van der Waals surface area contributed by atoms with Gasteiger partial charge in [0.2, 0.25) is 5.89 Å². The number of aromatic nitrogens is 2. The van der Waals surface area contributed by atoms with E-state index >= 15 is 0 Å². The van der Waals surface area contributed by atoms with Crippen molar-refractivity contribution < 1.29 is 8.91 Å². The van der Waals surface area contributed by atoms with Crippen LogP contribution < -0.4 is 0 Å². The molecule has 1 aromatic heterocycles. The minimum Gasteiger partial charge on any atom is -0.339 e. The van der Waals surface area contributed by atoms with Gasteiger partial charge in [0.25, 0.3) is 0 Å². The molecule has 0 aliphatic carbocycles. The van der Waals surface area contributed by atoms with E-state index < -0.39 is 0 Å². The molecule has 0 fully saturated rings. The van der Waals surface area contributed by atoms with Crippen LogP contribution in [0.15, 0.2) is 28.8 Å². The first-order valence-corrected chi connectivity index (χ1v) is 7.29. The summed E-state index contributed by atoms with van der Waals surface area (Å²) >= 11 is 0. The summed E-state index contributed by atoms with van der Waals surface area (Å²) in [6, 6.07) is 6.41. The fraction of sp³-hybridized carbons (Fsp3) is 0.500. The SMILES string of the molecule is CCCC(CCC)c1nc(Cc2ccc(F)cc2)no1. The predicted octanol–water partition coefficient (Wildman–Crippen LogP) is 4.48. The van der Waals surface area contributed by atoms with Crippen molar-refractivity contribution in [2.45, 2.75) is 51.9 Å². The average Bonchev–Trinajstić information content (AvgIpc) is 2.90. The van der Waals surface area contributed by atoms with Crippen LogP contribution in [0.5, 0.6) is 0 Å². The fourth-order valence-corrected chi connectivity index (χ4v) is 2.38. The molecule has 0 radical (unpaired) electrons. The Hall–Kier alpha value is -1.71. The lowest BCUT2D eigenvalue weighted by Crippen LogP contribution is -1.99. The first kappa shape index (κ1) is 14.7. The largest absolute Gasteiger partial charge is 0.339 e. The Labute approximate surface area is 119 Å². The predicted molar refractivity (Wildman–Crippen MR) is 76.1 cm³/mol. The molecule has 0 unspecified atom stereocenters. The number of hydrogen-bond acceptors (Lipinski definition) is 3. The second-order valence-corrected chi connectivity index (χ2v) is 5.13. The number of rotatable bonds is 7. The van der Waals surface area contributed by atoms with Crippen LogP contribution in [-0.2, 0) is 6.42 Å². The maximum atomic E-state index is 12.9. The van der Waals surface area contributed by atoms with Gasteiger partial charge in [0, 0.05) is 12.3 Å². The number of benzene rings is 1. The van der Waals surface area contributed by atoms with Gasteiger partial charge in [-0.15, -0.1) is 0 Å². The first-order chi connectivity index (χ1) is 9.72. The molecule has 2 rings (SSSR count). The van der Waals surface area contributed by atoms with E-state index in [1.54, 1.807) is 12.1 Å². The Morgan fingerprint density at radius 3 is 2.35 bits per heavy atom. The lowest BCUT2D eigenvalue weighted by atomic mass is 9.98. The Morgan fingerprint density at radius 1 is 1.10 bits per heavy atom. The minimum atomic E-state index is -0.228. The highest BCUT2D eigenvalue weighted by Gasteiger charge is 2.17. The van der Waals surface area contributed by atoms with E-state index in [9.17, 15) is 4.39 Å². The summed E-state index contributed by atoms with van der Waals surface area (Å²) in [5.41, 5.74) is 0.987. The van der Waals surface area contributed by atoms with Crippen LogP contribution >= 0.6 is 0 Å². The molecule has 108 valence electrons. The van der Waals surface area contributed by atoms with Gasteiger partial charge in [-0.2, -0.15) is 4.98 Å². The molecule has 2 aromatic rings. The monoisotopic (exact) mass is 276 g/mol. The summed E-state index contributed by atoms with van der Waals surface area (Å²) in [6.07, 6.45) is 4.95. The maximum absolute atomic E-state index is 12.9. The molecule has 3 nitrogen and oxygen atoms in total. The van der Waals surface area contributed by atoms with Crippen LogP contribution in [0.3, 0.4) is 0 Å². The summed E-state index contributed by atoms with van der Waals surface area (Å²) in [5, 5.41) is 4.04. The van der Waals surface area contributed by atoms with Gasteiger partial charge < -0.3 is 4.52 Å². The maximum Gasteiger partial charge on any atom is 0.229 e. The number of hydrogen-bond donors (Lipinski definition) is 0. The van der Waals surface area contributed by atoms with Crippen LogP contribution in [0.2, 0.25) is 0 Å². The number of halogens is 1. The third-order valence-corrected chi connectivity index (χ3v) is 3.38. The van der Waals surface area contributed by atoms with Gasteiger partial charge in [0.1, 0.15) is 5.82 Å². The van der Waals surface area contributed by atoms with Gasteiger partial charge in [-0.1, -0.05) is 44.0 Å². The van der Waals surface area contributed by atoms with Gasteiger partial charge >= 0.3 is 0 Å². The van der Waals surface area contributed by atoms with Gasteiger partial charge in [0.15, 0.2) is 5.82 Å². The molecular weight excluding hydrogens is 255 g/mol. The second-order valence-electron chi connectivity index (χ2n) is 5.13. The van der Waals surface area contributed by atoms with E-state index in [1.807, 2.05) is 0 Å². The summed E-state index contributed by atoms with van der Waals surface area (Å²) in [5.74, 6) is 1.54. The summed E-state index contributed by atoms with van der Waals surface area (Å²) in [6.45, 7) is 4.33. The quantitative estimate of drug-likeness (QED) is 0.748.